The van der Waals surface area contributed by atoms with Crippen molar-refractivity contribution in [3.63, 3.8) is 0 Å². The highest BCUT2D eigenvalue weighted by Gasteiger charge is 2.10. The SMILES string of the molecule is O=Cc1cc(Cl)c2sccc2c1CCl. The number of alkyl halides is 1. The van der Waals surface area contributed by atoms with Gasteiger partial charge in [0.15, 0.2) is 0 Å². The molecule has 14 heavy (non-hydrogen) atoms. The zero-order valence-electron chi connectivity index (χ0n) is 7.09. The summed E-state index contributed by atoms with van der Waals surface area (Å²) in [6.45, 7) is 0. The van der Waals surface area contributed by atoms with Gasteiger partial charge in [-0.25, -0.2) is 0 Å². The summed E-state index contributed by atoms with van der Waals surface area (Å²) in [4.78, 5) is 10.8. The molecule has 4 heteroatoms. The molecule has 0 bridgehead atoms. The van der Waals surface area contributed by atoms with Gasteiger partial charge in [-0.05, 0) is 28.5 Å². The molecular formula is C10H6Cl2OS. The van der Waals surface area contributed by atoms with E-state index in [-0.39, 0.29) is 0 Å². The quantitative estimate of drug-likeness (QED) is 0.574. The molecule has 0 amide bonds. The molecular weight excluding hydrogens is 239 g/mol. The maximum atomic E-state index is 10.8. The molecule has 0 aliphatic rings. The van der Waals surface area contributed by atoms with E-state index in [9.17, 15) is 4.79 Å². The van der Waals surface area contributed by atoms with E-state index < -0.39 is 0 Å². The largest absolute Gasteiger partial charge is 0.298 e. The van der Waals surface area contributed by atoms with Crippen LogP contribution in [0.5, 0.6) is 0 Å². The van der Waals surface area contributed by atoms with Crippen LogP contribution < -0.4 is 0 Å². The zero-order chi connectivity index (χ0) is 10.1. The minimum Gasteiger partial charge on any atom is -0.298 e. The number of aldehydes is 1. The van der Waals surface area contributed by atoms with Crippen molar-refractivity contribution in [2.45, 2.75) is 5.88 Å². The van der Waals surface area contributed by atoms with E-state index in [0.29, 0.717) is 16.5 Å². The number of hydrogen-bond acceptors (Lipinski definition) is 2. The molecule has 2 aromatic rings. The molecule has 72 valence electrons. The molecule has 1 nitrogen and oxygen atoms in total. The molecule has 0 N–H and O–H groups in total. The zero-order valence-corrected chi connectivity index (χ0v) is 9.42. The number of carbonyl (C=O) groups excluding carboxylic acids is 1. The summed E-state index contributed by atoms with van der Waals surface area (Å²) < 4.78 is 0.993. The molecule has 0 unspecified atom stereocenters. The summed E-state index contributed by atoms with van der Waals surface area (Å²) in [6.07, 6.45) is 0.792. The van der Waals surface area contributed by atoms with Crippen LogP contribution in [-0.2, 0) is 5.88 Å². The summed E-state index contributed by atoms with van der Waals surface area (Å²) in [7, 11) is 0. The van der Waals surface area contributed by atoms with E-state index in [1.54, 1.807) is 17.4 Å². The van der Waals surface area contributed by atoms with Crippen LogP contribution in [0.4, 0.5) is 0 Å². The van der Waals surface area contributed by atoms with Gasteiger partial charge in [-0.1, -0.05) is 11.6 Å². The Morgan fingerprint density at radius 3 is 2.93 bits per heavy atom. The number of benzene rings is 1. The van der Waals surface area contributed by atoms with Crippen LogP contribution in [0.2, 0.25) is 5.02 Å². The molecule has 0 atom stereocenters. The van der Waals surface area contributed by atoms with Crippen molar-refractivity contribution >= 4 is 50.9 Å². The van der Waals surface area contributed by atoms with Gasteiger partial charge < -0.3 is 0 Å². The van der Waals surface area contributed by atoms with Gasteiger partial charge >= 0.3 is 0 Å². The Balaban J connectivity index is 2.88. The van der Waals surface area contributed by atoms with Crippen molar-refractivity contribution in [1.29, 1.82) is 0 Å². The summed E-state index contributed by atoms with van der Waals surface area (Å²) in [5.74, 6) is 0.332. The second kappa shape index (κ2) is 3.89. The first-order valence-electron chi connectivity index (χ1n) is 3.97. The highest BCUT2D eigenvalue weighted by molar-refractivity contribution is 7.17. The molecule has 0 saturated carbocycles. The average Bonchev–Trinajstić information content (AvgIpc) is 2.66. The van der Waals surface area contributed by atoms with E-state index in [4.69, 9.17) is 23.2 Å². The first-order valence-corrected chi connectivity index (χ1v) is 5.77. The molecule has 0 fully saturated rings. The van der Waals surface area contributed by atoms with E-state index in [1.807, 2.05) is 11.4 Å². The van der Waals surface area contributed by atoms with Gasteiger partial charge in [0.05, 0.1) is 9.72 Å². The van der Waals surface area contributed by atoms with Crippen molar-refractivity contribution in [1.82, 2.24) is 0 Å². The Morgan fingerprint density at radius 1 is 1.50 bits per heavy atom. The van der Waals surface area contributed by atoms with Gasteiger partial charge in [0.25, 0.3) is 0 Å². The van der Waals surface area contributed by atoms with E-state index >= 15 is 0 Å². The smallest absolute Gasteiger partial charge is 0.150 e. The fourth-order valence-electron chi connectivity index (χ4n) is 1.43. The fraction of sp³-hybridized carbons (Fsp3) is 0.100. The maximum absolute atomic E-state index is 10.8. The number of fused-ring (bicyclic) bond motifs is 1. The molecule has 1 aromatic heterocycles. The molecule has 0 saturated heterocycles. The Labute approximate surface area is 95.3 Å². The molecule has 0 aliphatic carbocycles. The van der Waals surface area contributed by atoms with Crippen molar-refractivity contribution in [3.05, 3.63) is 33.7 Å². The van der Waals surface area contributed by atoms with E-state index in [1.165, 1.54) is 0 Å². The van der Waals surface area contributed by atoms with Crippen LogP contribution >= 0.6 is 34.5 Å². The molecule has 0 radical (unpaired) electrons. The van der Waals surface area contributed by atoms with Crippen molar-refractivity contribution in [2.24, 2.45) is 0 Å². The van der Waals surface area contributed by atoms with E-state index in [2.05, 4.69) is 0 Å². The second-order valence-electron chi connectivity index (χ2n) is 2.84. The van der Waals surface area contributed by atoms with E-state index in [0.717, 1.165) is 21.9 Å². The molecule has 0 spiro atoms. The number of rotatable bonds is 2. The second-order valence-corrected chi connectivity index (χ2v) is 4.43. The number of thiophene rings is 1. The Morgan fingerprint density at radius 2 is 2.29 bits per heavy atom. The molecule has 1 aromatic carbocycles. The molecule has 2 rings (SSSR count). The highest BCUT2D eigenvalue weighted by Crippen LogP contribution is 2.33. The summed E-state index contributed by atoms with van der Waals surface area (Å²) in [5, 5.41) is 3.55. The van der Waals surface area contributed by atoms with Crippen LogP contribution in [0.1, 0.15) is 15.9 Å². The van der Waals surface area contributed by atoms with Gasteiger partial charge in [-0.15, -0.1) is 22.9 Å². The Kier molecular flexibility index (Phi) is 2.77. The fourth-order valence-corrected chi connectivity index (χ4v) is 2.91. The van der Waals surface area contributed by atoms with Crippen LogP contribution in [0, 0.1) is 0 Å². The lowest BCUT2D eigenvalue weighted by Crippen LogP contribution is -1.90. The van der Waals surface area contributed by atoms with Crippen molar-refractivity contribution < 1.29 is 4.79 Å². The minimum atomic E-state index is 0.332. The predicted molar refractivity (Wildman–Crippen MR) is 61.8 cm³/mol. The first kappa shape index (κ1) is 9.97. The third-order valence-corrected chi connectivity index (χ3v) is 3.72. The van der Waals surface area contributed by atoms with Gasteiger partial charge in [0.2, 0.25) is 0 Å². The average molecular weight is 245 g/mol. The lowest BCUT2D eigenvalue weighted by atomic mass is 10.1. The van der Waals surface area contributed by atoms with Crippen LogP contribution in [0.15, 0.2) is 17.5 Å². The maximum Gasteiger partial charge on any atom is 0.150 e. The Bertz CT molecular complexity index is 490. The number of halogens is 2. The lowest BCUT2D eigenvalue weighted by molar-refractivity contribution is 0.112. The standard InChI is InChI=1S/C10H6Cl2OS/c11-4-8-6(5-13)3-9(12)10-7(8)1-2-14-10/h1-3,5H,4H2. The third-order valence-electron chi connectivity index (χ3n) is 2.10. The molecule has 1 heterocycles. The third kappa shape index (κ3) is 1.44. The Hall–Kier alpha value is -0.570. The predicted octanol–water partition coefficient (Wildman–Crippen LogP) is 4.11. The highest BCUT2D eigenvalue weighted by atomic mass is 35.5. The van der Waals surface area contributed by atoms with Crippen LogP contribution in [-0.4, -0.2) is 6.29 Å². The summed E-state index contributed by atoms with van der Waals surface area (Å²) in [5.41, 5.74) is 1.44. The first-order chi connectivity index (χ1) is 6.77. The lowest BCUT2D eigenvalue weighted by Gasteiger charge is -2.04. The van der Waals surface area contributed by atoms with Gasteiger partial charge in [-0.2, -0.15) is 0 Å². The van der Waals surface area contributed by atoms with Crippen molar-refractivity contribution in [2.75, 3.05) is 0 Å². The topological polar surface area (TPSA) is 17.1 Å². The number of hydrogen-bond donors (Lipinski definition) is 0. The monoisotopic (exact) mass is 244 g/mol. The van der Waals surface area contributed by atoms with Crippen LogP contribution in [0.25, 0.3) is 10.1 Å². The van der Waals surface area contributed by atoms with Gasteiger partial charge in [-0.3, -0.25) is 4.79 Å². The van der Waals surface area contributed by atoms with Crippen molar-refractivity contribution in [3.8, 4) is 0 Å². The minimum absolute atomic E-state index is 0.332. The summed E-state index contributed by atoms with van der Waals surface area (Å²) >= 11 is 13.4. The summed E-state index contributed by atoms with van der Waals surface area (Å²) in [6, 6.07) is 3.61. The normalized spacial score (nSPS) is 10.7. The number of carbonyl (C=O) groups is 1. The van der Waals surface area contributed by atoms with Gasteiger partial charge in [0, 0.05) is 11.4 Å². The van der Waals surface area contributed by atoms with Gasteiger partial charge in [0.1, 0.15) is 6.29 Å². The molecule has 0 aliphatic heterocycles. The van der Waals surface area contributed by atoms with Crippen LogP contribution in [0.3, 0.4) is 0 Å².